The van der Waals surface area contributed by atoms with E-state index in [-0.39, 0.29) is 29.1 Å². The van der Waals surface area contributed by atoms with Gasteiger partial charge in [0.15, 0.2) is 0 Å². The molecule has 1 aromatic rings. The Balaban J connectivity index is 1.94. The number of anilines is 1. The van der Waals surface area contributed by atoms with Crippen molar-refractivity contribution in [3.8, 4) is 5.75 Å². The highest BCUT2D eigenvalue weighted by molar-refractivity contribution is 5.93. The number of carboxylic acid groups (broad SMARTS) is 1. The van der Waals surface area contributed by atoms with Crippen LogP contribution in [0, 0.1) is 0 Å². The second kappa shape index (κ2) is 6.97. The van der Waals surface area contributed by atoms with Crippen LogP contribution in [0.4, 0.5) is 10.5 Å². The number of hydrogen-bond donors (Lipinski definition) is 4. The fraction of sp³-hybridized carbons (Fsp3) is 0.467. The Kier molecular flexibility index (Phi) is 5.03. The van der Waals surface area contributed by atoms with Crippen LogP contribution in [0.5, 0.6) is 5.75 Å². The Morgan fingerprint density at radius 1 is 1.10 bits per heavy atom. The van der Waals surface area contributed by atoms with Gasteiger partial charge in [-0.15, -0.1) is 0 Å². The second-order valence-corrected chi connectivity index (χ2v) is 5.32. The lowest BCUT2D eigenvalue weighted by molar-refractivity contribution is 0.0696. The highest BCUT2D eigenvalue weighted by atomic mass is 16.4. The Hall–Kier alpha value is -2.24. The molecular weight excluding hydrogens is 272 g/mol. The van der Waals surface area contributed by atoms with Crippen molar-refractivity contribution >= 4 is 17.7 Å². The summed E-state index contributed by atoms with van der Waals surface area (Å²) in [5.41, 5.74) is 0.174. The topological polar surface area (TPSA) is 98.7 Å². The van der Waals surface area contributed by atoms with Crippen LogP contribution in [0.25, 0.3) is 0 Å². The van der Waals surface area contributed by atoms with Crippen molar-refractivity contribution in [3.63, 3.8) is 0 Å². The van der Waals surface area contributed by atoms with E-state index in [0.717, 1.165) is 31.7 Å². The zero-order valence-electron chi connectivity index (χ0n) is 11.8. The predicted octanol–water partition coefficient (Wildman–Crippen LogP) is 2.93. The Morgan fingerprint density at radius 2 is 1.76 bits per heavy atom. The highest BCUT2D eigenvalue weighted by Crippen LogP contribution is 2.24. The summed E-state index contributed by atoms with van der Waals surface area (Å²) in [6, 6.07) is 3.62. The Morgan fingerprint density at radius 3 is 2.33 bits per heavy atom. The van der Waals surface area contributed by atoms with Crippen molar-refractivity contribution in [2.45, 2.75) is 44.6 Å². The molecular formula is C15H20N2O4. The third-order valence-electron chi connectivity index (χ3n) is 3.68. The van der Waals surface area contributed by atoms with E-state index in [2.05, 4.69) is 10.6 Å². The van der Waals surface area contributed by atoms with Crippen molar-refractivity contribution < 1.29 is 19.8 Å². The zero-order valence-corrected chi connectivity index (χ0v) is 11.8. The van der Waals surface area contributed by atoms with Crippen LogP contribution in [0.15, 0.2) is 18.2 Å². The van der Waals surface area contributed by atoms with Crippen LogP contribution in [-0.4, -0.2) is 28.3 Å². The minimum atomic E-state index is -1.13. The molecule has 0 atom stereocenters. The third kappa shape index (κ3) is 4.37. The number of amides is 2. The minimum absolute atomic E-state index is 0.0257. The summed E-state index contributed by atoms with van der Waals surface area (Å²) < 4.78 is 0. The van der Waals surface area contributed by atoms with E-state index in [0.29, 0.717) is 0 Å². The van der Waals surface area contributed by atoms with Gasteiger partial charge in [-0.3, -0.25) is 0 Å². The average Bonchev–Trinajstić information content (AvgIpc) is 2.69. The van der Waals surface area contributed by atoms with Gasteiger partial charge < -0.3 is 20.8 Å². The minimum Gasteiger partial charge on any atom is -0.506 e. The normalized spacial score (nSPS) is 16.0. The number of hydrogen-bond acceptors (Lipinski definition) is 3. The van der Waals surface area contributed by atoms with Crippen LogP contribution >= 0.6 is 0 Å². The molecule has 0 spiro atoms. The van der Waals surface area contributed by atoms with Crippen LogP contribution in [0.3, 0.4) is 0 Å². The largest absolute Gasteiger partial charge is 0.506 e. The molecule has 1 saturated carbocycles. The average molecular weight is 292 g/mol. The first-order chi connectivity index (χ1) is 10.1. The maximum absolute atomic E-state index is 11.9. The van der Waals surface area contributed by atoms with Gasteiger partial charge in [-0.1, -0.05) is 25.7 Å². The van der Waals surface area contributed by atoms with Crippen LogP contribution in [-0.2, 0) is 0 Å². The fourth-order valence-electron chi connectivity index (χ4n) is 2.54. The smallest absolute Gasteiger partial charge is 0.335 e. The number of carbonyl (C=O) groups is 2. The van der Waals surface area contributed by atoms with Crippen LogP contribution < -0.4 is 10.6 Å². The molecule has 1 aliphatic carbocycles. The molecule has 1 aromatic carbocycles. The molecule has 0 unspecified atom stereocenters. The maximum Gasteiger partial charge on any atom is 0.335 e. The SMILES string of the molecule is O=C(Nc1ccc(C(=O)O)cc1O)NC1CCCCCC1. The van der Waals surface area contributed by atoms with Gasteiger partial charge in [0.05, 0.1) is 11.3 Å². The van der Waals surface area contributed by atoms with E-state index in [1.807, 2.05) is 0 Å². The molecule has 2 amide bonds. The summed E-state index contributed by atoms with van der Waals surface area (Å²) in [5.74, 6) is -1.38. The van der Waals surface area contributed by atoms with E-state index in [9.17, 15) is 14.7 Å². The monoisotopic (exact) mass is 292 g/mol. The van der Waals surface area contributed by atoms with Crippen molar-refractivity contribution in [1.82, 2.24) is 5.32 Å². The van der Waals surface area contributed by atoms with E-state index in [4.69, 9.17) is 5.11 Å². The number of carbonyl (C=O) groups excluding carboxylic acids is 1. The Labute approximate surface area is 123 Å². The number of carboxylic acids is 1. The van der Waals surface area contributed by atoms with E-state index >= 15 is 0 Å². The highest BCUT2D eigenvalue weighted by Gasteiger charge is 2.16. The van der Waals surface area contributed by atoms with Crippen LogP contribution in [0.2, 0.25) is 0 Å². The van der Waals surface area contributed by atoms with Gasteiger partial charge in [0, 0.05) is 6.04 Å². The van der Waals surface area contributed by atoms with Gasteiger partial charge in [0.25, 0.3) is 0 Å². The van der Waals surface area contributed by atoms with Crippen molar-refractivity contribution in [2.75, 3.05) is 5.32 Å². The Bertz CT molecular complexity index is 522. The lowest BCUT2D eigenvalue weighted by Crippen LogP contribution is -2.37. The molecule has 1 fully saturated rings. The van der Waals surface area contributed by atoms with Gasteiger partial charge in [-0.2, -0.15) is 0 Å². The number of phenols is 1. The van der Waals surface area contributed by atoms with Gasteiger partial charge in [-0.05, 0) is 31.0 Å². The molecule has 4 N–H and O–H groups in total. The summed E-state index contributed by atoms with van der Waals surface area (Å²) >= 11 is 0. The molecule has 0 bridgehead atoms. The predicted molar refractivity (Wildman–Crippen MR) is 78.7 cm³/mol. The first-order valence-corrected chi connectivity index (χ1v) is 7.20. The second-order valence-electron chi connectivity index (χ2n) is 5.32. The number of aromatic carboxylic acids is 1. The third-order valence-corrected chi connectivity index (χ3v) is 3.68. The van der Waals surface area contributed by atoms with E-state index in [1.54, 1.807) is 0 Å². The number of rotatable bonds is 3. The van der Waals surface area contributed by atoms with Crippen LogP contribution in [0.1, 0.15) is 48.9 Å². The zero-order chi connectivity index (χ0) is 15.2. The number of aromatic hydroxyl groups is 1. The molecule has 1 aliphatic rings. The summed E-state index contributed by atoms with van der Waals surface area (Å²) in [6.07, 6.45) is 6.58. The summed E-state index contributed by atoms with van der Waals surface area (Å²) in [5, 5.41) is 24.0. The summed E-state index contributed by atoms with van der Waals surface area (Å²) in [7, 11) is 0. The number of benzene rings is 1. The molecule has 114 valence electrons. The van der Waals surface area contributed by atoms with Gasteiger partial charge >= 0.3 is 12.0 Å². The molecule has 6 heteroatoms. The molecule has 0 heterocycles. The fourth-order valence-corrected chi connectivity index (χ4v) is 2.54. The standard InChI is InChI=1S/C15H20N2O4/c18-13-9-10(14(19)20)7-8-12(13)17-15(21)16-11-5-3-1-2-4-6-11/h7-9,11,18H,1-6H2,(H,19,20)(H2,16,17,21). The lowest BCUT2D eigenvalue weighted by Gasteiger charge is -2.17. The first kappa shape index (κ1) is 15.2. The van der Waals surface area contributed by atoms with Crippen molar-refractivity contribution in [3.05, 3.63) is 23.8 Å². The number of urea groups is 1. The first-order valence-electron chi connectivity index (χ1n) is 7.20. The molecule has 2 rings (SSSR count). The van der Waals surface area contributed by atoms with Crippen molar-refractivity contribution in [1.29, 1.82) is 0 Å². The van der Waals surface area contributed by atoms with Gasteiger partial charge in [-0.25, -0.2) is 9.59 Å². The molecule has 21 heavy (non-hydrogen) atoms. The summed E-state index contributed by atoms with van der Waals surface area (Å²) in [4.78, 5) is 22.7. The number of phenolic OH excluding ortho intramolecular Hbond substituents is 1. The maximum atomic E-state index is 11.9. The molecule has 0 aliphatic heterocycles. The number of nitrogens with one attached hydrogen (secondary N) is 2. The molecule has 0 saturated heterocycles. The summed E-state index contributed by atoms with van der Waals surface area (Å²) in [6.45, 7) is 0. The van der Waals surface area contributed by atoms with Crippen molar-refractivity contribution in [2.24, 2.45) is 0 Å². The quantitative estimate of drug-likeness (QED) is 0.508. The van der Waals surface area contributed by atoms with Gasteiger partial charge in [0.1, 0.15) is 5.75 Å². The van der Waals surface area contributed by atoms with E-state index < -0.39 is 5.97 Å². The lowest BCUT2D eigenvalue weighted by atomic mass is 10.1. The molecule has 0 radical (unpaired) electrons. The molecule has 6 nitrogen and oxygen atoms in total. The van der Waals surface area contributed by atoms with Gasteiger partial charge in [0.2, 0.25) is 0 Å². The van der Waals surface area contributed by atoms with E-state index in [1.165, 1.54) is 25.0 Å². The molecule has 0 aromatic heterocycles.